The fraction of sp³-hybridized carbons (Fsp3) is 0.304. The summed E-state index contributed by atoms with van der Waals surface area (Å²) in [6.45, 7) is 3.47. The molecule has 2 amide bonds. The third kappa shape index (κ3) is 5.64. The second-order valence-electron chi connectivity index (χ2n) is 7.29. The zero-order valence-electron chi connectivity index (χ0n) is 17.7. The number of nitrogens with one attached hydrogen (secondary N) is 1. The standard InChI is InChI=1S/C23H23ClN2O6/c1-3-31-22(29)15-5-8-18(9-6-15)26-12-16(10-21(26)28)23(30)32-13-20(27)25-19-11-17(24)7-4-14(19)2/h4-9,11,16H,3,10,12-13H2,1-2H3,(H,25,27)/t16-/m1/s1. The van der Waals surface area contributed by atoms with Gasteiger partial charge in [-0.2, -0.15) is 0 Å². The predicted molar refractivity (Wildman–Crippen MR) is 119 cm³/mol. The molecule has 1 N–H and O–H groups in total. The molecule has 1 atom stereocenters. The molecular weight excluding hydrogens is 436 g/mol. The minimum Gasteiger partial charge on any atom is -0.462 e. The minimum absolute atomic E-state index is 0.0204. The van der Waals surface area contributed by atoms with Gasteiger partial charge in [-0.1, -0.05) is 17.7 Å². The van der Waals surface area contributed by atoms with Crippen LogP contribution in [0, 0.1) is 12.8 Å². The number of ether oxygens (including phenoxy) is 2. The van der Waals surface area contributed by atoms with E-state index in [1.54, 1.807) is 49.4 Å². The molecule has 1 aliphatic rings. The van der Waals surface area contributed by atoms with E-state index in [2.05, 4.69) is 5.32 Å². The van der Waals surface area contributed by atoms with Crippen LogP contribution in [0.1, 0.15) is 29.3 Å². The fourth-order valence-corrected chi connectivity index (χ4v) is 3.45. The van der Waals surface area contributed by atoms with E-state index in [-0.39, 0.29) is 25.5 Å². The lowest BCUT2D eigenvalue weighted by molar-refractivity contribution is -0.151. The summed E-state index contributed by atoms with van der Waals surface area (Å²) in [6, 6.07) is 11.5. The summed E-state index contributed by atoms with van der Waals surface area (Å²) < 4.78 is 10.1. The molecule has 0 spiro atoms. The first kappa shape index (κ1) is 23.3. The molecule has 0 saturated carbocycles. The fourth-order valence-electron chi connectivity index (χ4n) is 3.28. The summed E-state index contributed by atoms with van der Waals surface area (Å²) in [5.41, 5.74) is 2.29. The summed E-state index contributed by atoms with van der Waals surface area (Å²) in [6.07, 6.45) is -0.0204. The molecule has 1 heterocycles. The smallest absolute Gasteiger partial charge is 0.338 e. The topological polar surface area (TPSA) is 102 Å². The molecule has 3 rings (SSSR count). The summed E-state index contributed by atoms with van der Waals surface area (Å²) in [5.74, 6) is -2.50. The van der Waals surface area contributed by atoms with Gasteiger partial charge >= 0.3 is 11.9 Å². The van der Waals surface area contributed by atoms with Gasteiger partial charge in [0.15, 0.2) is 6.61 Å². The van der Waals surface area contributed by atoms with Crippen LogP contribution in [0.3, 0.4) is 0 Å². The lowest BCUT2D eigenvalue weighted by Gasteiger charge is -2.17. The number of nitrogens with zero attached hydrogens (tertiary/aromatic N) is 1. The Morgan fingerprint density at radius 2 is 1.84 bits per heavy atom. The van der Waals surface area contributed by atoms with Crippen LogP contribution in [0.15, 0.2) is 42.5 Å². The van der Waals surface area contributed by atoms with Crippen LogP contribution < -0.4 is 10.2 Å². The summed E-state index contributed by atoms with van der Waals surface area (Å²) in [7, 11) is 0. The van der Waals surface area contributed by atoms with Gasteiger partial charge < -0.3 is 19.7 Å². The van der Waals surface area contributed by atoms with Crippen LogP contribution in [0.2, 0.25) is 5.02 Å². The van der Waals surface area contributed by atoms with Crippen molar-refractivity contribution in [1.29, 1.82) is 0 Å². The Hall–Kier alpha value is -3.39. The van der Waals surface area contributed by atoms with E-state index in [1.807, 2.05) is 6.92 Å². The highest BCUT2D eigenvalue weighted by Crippen LogP contribution is 2.26. The van der Waals surface area contributed by atoms with Gasteiger partial charge in [-0.05, 0) is 55.8 Å². The Bertz CT molecular complexity index is 1040. The van der Waals surface area contributed by atoms with Crippen LogP contribution in [0.4, 0.5) is 11.4 Å². The zero-order valence-corrected chi connectivity index (χ0v) is 18.5. The Labute approximate surface area is 190 Å². The van der Waals surface area contributed by atoms with E-state index in [1.165, 1.54) is 4.90 Å². The third-order valence-electron chi connectivity index (χ3n) is 4.97. The van der Waals surface area contributed by atoms with Crippen molar-refractivity contribution in [3.8, 4) is 0 Å². The largest absolute Gasteiger partial charge is 0.462 e. The molecule has 0 bridgehead atoms. The lowest BCUT2D eigenvalue weighted by atomic mass is 10.1. The Kier molecular flexibility index (Phi) is 7.48. The van der Waals surface area contributed by atoms with Gasteiger partial charge in [0, 0.05) is 29.4 Å². The minimum atomic E-state index is -0.687. The number of rotatable bonds is 7. The van der Waals surface area contributed by atoms with E-state index in [0.717, 1.165) is 5.56 Å². The van der Waals surface area contributed by atoms with Crippen molar-refractivity contribution in [3.05, 3.63) is 58.6 Å². The maximum atomic E-state index is 12.4. The molecule has 32 heavy (non-hydrogen) atoms. The number of carbonyl (C=O) groups excluding carboxylic acids is 4. The molecule has 0 unspecified atom stereocenters. The second kappa shape index (κ2) is 10.3. The number of amides is 2. The molecule has 2 aromatic rings. The number of esters is 2. The van der Waals surface area contributed by atoms with Gasteiger partial charge in [0.25, 0.3) is 5.91 Å². The molecule has 0 aliphatic carbocycles. The van der Waals surface area contributed by atoms with Gasteiger partial charge in [0.05, 0.1) is 18.1 Å². The maximum Gasteiger partial charge on any atom is 0.338 e. The molecule has 9 heteroatoms. The second-order valence-corrected chi connectivity index (χ2v) is 7.72. The molecule has 168 valence electrons. The normalized spacial score (nSPS) is 15.4. The monoisotopic (exact) mass is 458 g/mol. The number of halogens is 1. The van der Waals surface area contributed by atoms with Crippen molar-refractivity contribution in [1.82, 2.24) is 0 Å². The van der Waals surface area contributed by atoms with Crippen molar-refractivity contribution in [3.63, 3.8) is 0 Å². The summed E-state index contributed by atoms with van der Waals surface area (Å²) >= 11 is 5.93. The highest BCUT2D eigenvalue weighted by molar-refractivity contribution is 6.31. The summed E-state index contributed by atoms with van der Waals surface area (Å²) in [5, 5.41) is 3.12. The van der Waals surface area contributed by atoms with Crippen LogP contribution >= 0.6 is 11.6 Å². The van der Waals surface area contributed by atoms with E-state index >= 15 is 0 Å². The Balaban J connectivity index is 1.54. The van der Waals surface area contributed by atoms with E-state index in [4.69, 9.17) is 21.1 Å². The number of hydrogen-bond donors (Lipinski definition) is 1. The zero-order chi connectivity index (χ0) is 23.3. The molecule has 0 aromatic heterocycles. The van der Waals surface area contributed by atoms with Crippen molar-refractivity contribution < 1.29 is 28.7 Å². The molecular formula is C23H23ClN2O6. The lowest BCUT2D eigenvalue weighted by Crippen LogP contribution is -2.28. The predicted octanol–water partition coefficient (Wildman–Crippen LogP) is 3.36. The van der Waals surface area contributed by atoms with E-state index in [9.17, 15) is 19.2 Å². The Morgan fingerprint density at radius 1 is 1.12 bits per heavy atom. The average Bonchev–Trinajstić information content (AvgIpc) is 3.16. The van der Waals surface area contributed by atoms with Crippen LogP contribution in [0.5, 0.6) is 0 Å². The van der Waals surface area contributed by atoms with Gasteiger partial charge in [-0.3, -0.25) is 14.4 Å². The number of carbonyl (C=O) groups is 4. The molecule has 1 fully saturated rings. The first-order valence-corrected chi connectivity index (χ1v) is 10.5. The van der Waals surface area contributed by atoms with Gasteiger partial charge in [0.2, 0.25) is 5.91 Å². The van der Waals surface area contributed by atoms with Crippen LogP contribution in [0.25, 0.3) is 0 Å². The number of hydrogen-bond acceptors (Lipinski definition) is 6. The van der Waals surface area contributed by atoms with Crippen LogP contribution in [-0.4, -0.2) is 43.5 Å². The number of benzene rings is 2. The first-order valence-electron chi connectivity index (χ1n) is 10.1. The van der Waals surface area contributed by atoms with E-state index in [0.29, 0.717) is 22.0 Å². The van der Waals surface area contributed by atoms with E-state index < -0.39 is 30.4 Å². The maximum absolute atomic E-state index is 12.4. The third-order valence-corrected chi connectivity index (χ3v) is 5.20. The van der Waals surface area contributed by atoms with Crippen molar-refractivity contribution in [2.24, 2.45) is 5.92 Å². The quantitative estimate of drug-likeness (QED) is 0.638. The molecule has 0 radical (unpaired) electrons. The van der Waals surface area contributed by atoms with Gasteiger partial charge in [-0.25, -0.2) is 4.79 Å². The number of aryl methyl sites for hydroxylation is 1. The molecule has 2 aromatic carbocycles. The highest BCUT2D eigenvalue weighted by atomic mass is 35.5. The average molecular weight is 459 g/mol. The summed E-state index contributed by atoms with van der Waals surface area (Å²) in [4.78, 5) is 50.1. The Morgan fingerprint density at radius 3 is 2.53 bits per heavy atom. The molecule has 1 saturated heterocycles. The SMILES string of the molecule is CCOC(=O)c1ccc(N2C[C@H](C(=O)OCC(=O)Nc3cc(Cl)ccc3C)CC2=O)cc1. The van der Waals surface area contributed by atoms with Crippen LogP contribution in [-0.2, 0) is 23.9 Å². The molecule has 8 nitrogen and oxygen atoms in total. The van der Waals surface area contributed by atoms with Crippen molar-refractivity contribution >= 4 is 46.7 Å². The molecule has 1 aliphatic heterocycles. The van der Waals surface area contributed by atoms with Crippen molar-refractivity contribution in [2.45, 2.75) is 20.3 Å². The van der Waals surface area contributed by atoms with Gasteiger partial charge in [0.1, 0.15) is 0 Å². The number of anilines is 2. The highest BCUT2D eigenvalue weighted by Gasteiger charge is 2.36. The van der Waals surface area contributed by atoms with Gasteiger partial charge in [-0.15, -0.1) is 0 Å². The van der Waals surface area contributed by atoms with Crippen molar-refractivity contribution in [2.75, 3.05) is 30.0 Å². The first-order chi connectivity index (χ1) is 15.3.